The molecular weight excluding hydrogens is 446 g/mol. The predicted octanol–water partition coefficient (Wildman–Crippen LogP) is 4.86. The van der Waals surface area contributed by atoms with E-state index in [-0.39, 0.29) is 36.6 Å². The number of H-pyrrole nitrogens is 1. The first-order valence-corrected chi connectivity index (χ1v) is 12.2. The summed E-state index contributed by atoms with van der Waals surface area (Å²) in [7, 11) is 0. The van der Waals surface area contributed by atoms with Gasteiger partial charge < -0.3 is 10.3 Å². The van der Waals surface area contributed by atoms with E-state index in [9.17, 15) is 14.4 Å². The molecule has 0 aliphatic carbocycles. The first-order valence-electron chi connectivity index (χ1n) is 11.4. The number of rotatable bonds is 8. The van der Waals surface area contributed by atoms with Crippen molar-refractivity contribution < 1.29 is 14.4 Å². The fraction of sp³-hybridized carbons (Fsp3) is 0.222. The molecule has 3 amide bonds. The predicted molar refractivity (Wildman–Crippen MR) is 133 cm³/mol. The Morgan fingerprint density at radius 3 is 2.71 bits per heavy atom. The van der Waals surface area contributed by atoms with Gasteiger partial charge in [0, 0.05) is 47.4 Å². The van der Waals surface area contributed by atoms with Crippen molar-refractivity contribution in [3.8, 4) is 0 Å². The third-order valence-electron chi connectivity index (χ3n) is 6.30. The van der Waals surface area contributed by atoms with E-state index in [1.54, 1.807) is 23.5 Å². The maximum absolute atomic E-state index is 12.6. The normalized spacial score (nSPS) is 14.0. The van der Waals surface area contributed by atoms with Crippen LogP contribution in [0.15, 0.2) is 66.2 Å². The second-order valence-corrected chi connectivity index (χ2v) is 9.56. The van der Waals surface area contributed by atoms with Gasteiger partial charge in [-0.2, -0.15) is 0 Å². The number of imide groups is 1. The molecule has 1 unspecified atom stereocenters. The standard InChI is InChI=1S/C27H25N3O3S/c1-17-10-11-19-20(14-17)27(33)30(26(19)32)12-4-9-25(31)29-16-22(24-8-5-13-34-24)21-15-28-23-7-3-2-6-18(21)23/h2-3,5-8,10-11,13-15,22,28H,4,9,12,16H2,1H3,(H,29,31). The molecule has 172 valence electrons. The maximum Gasteiger partial charge on any atom is 0.261 e. The molecule has 0 radical (unpaired) electrons. The third kappa shape index (κ3) is 4.15. The van der Waals surface area contributed by atoms with Crippen LogP contribution >= 0.6 is 11.3 Å². The molecule has 1 aliphatic rings. The molecule has 34 heavy (non-hydrogen) atoms. The summed E-state index contributed by atoms with van der Waals surface area (Å²) in [6.07, 6.45) is 2.69. The first-order chi connectivity index (χ1) is 16.5. The average molecular weight is 472 g/mol. The topological polar surface area (TPSA) is 82.3 Å². The van der Waals surface area contributed by atoms with Crippen molar-refractivity contribution >= 4 is 40.0 Å². The van der Waals surface area contributed by atoms with Gasteiger partial charge in [-0.05, 0) is 48.6 Å². The molecule has 0 saturated heterocycles. The van der Waals surface area contributed by atoms with Crippen LogP contribution in [0.2, 0.25) is 0 Å². The van der Waals surface area contributed by atoms with E-state index < -0.39 is 0 Å². The Kier molecular flexibility index (Phi) is 6.02. The molecule has 7 heteroatoms. The van der Waals surface area contributed by atoms with Crippen molar-refractivity contribution in [2.24, 2.45) is 0 Å². The number of aryl methyl sites for hydroxylation is 1. The van der Waals surface area contributed by atoms with Crippen LogP contribution in [0.5, 0.6) is 0 Å². The molecule has 2 aromatic carbocycles. The number of hydrogen-bond acceptors (Lipinski definition) is 4. The maximum atomic E-state index is 12.6. The van der Waals surface area contributed by atoms with Crippen LogP contribution < -0.4 is 5.32 Å². The number of thiophene rings is 1. The Labute approximate surface area is 201 Å². The van der Waals surface area contributed by atoms with Crippen LogP contribution in [-0.2, 0) is 4.79 Å². The number of nitrogens with zero attached hydrogens (tertiary/aromatic N) is 1. The van der Waals surface area contributed by atoms with Gasteiger partial charge in [0.15, 0.2) is 0 Å². The molecule has 0 saturated carbocycles. The molecular formula is C27H25N3O3S. The lowest BCUT2D eigenvalue weighted by Gasteiger charge is -2.17. The Morgan fingerprint density at radius 1 is 1.06 bits per heavy atom. The second-order valence-electron chi connectivity index (χ2n) is 8.58. The van der Waals surface area contributed by atoms with Crippen molar-refractivity contribution in [2.75, 3.05) is 13.1 Å². The number of para-hydroxylation sites is 1. The molecule has 5 rings (SSSR count). The number of carbonyl (C=O) groups excluding carboxylic acids is 3. The zero-order valence-electron chi connectivity index (χ0n) is 18.8. The van der Waals surface area contributed by atoms with Crippen LogP contribution in [0.4, 0.5) is 0 Å². The van der Waals surface area contributed by atoms with Gasteiger partial charge in [-0.1, -0.05) is 35.9 Å². The molecule has 1 atom stereocenters. The Bertz CT molecular complexity index is 1370. The minimum atomic E-state index is -0.280. The highest BCUT2D eigenvalue weighted by Gasteiger charge is 2.35. The van der Waals surface area contributed by atoms with Crippen LogP contribution in [-0.4, -0.2) is 40.7 Å². The number of benzene rings is 2. The van der Waals surface area contributed by atoms with Gasteiger partial charge in [-0.15, -0.1) is 11.3 Å². The van der Waals surface area contributed by atoms with E-state index in [4.69, 9.17) is 0 Å². The van der Waals surface area contributed by atoms with E-state index in [1.807, 2.05) is 48.8 Å². The summed E-state index contributed by atoms with van der Waals surface area (Å²) in [5.41, 5.74) is 4.06. The van der Waals surface area contributed by atoms with Gasteiger partial charge in [-0.3, -0.25) is 19.3 Å². The van der Waals surface area contributed by atoms with Gasteiger partial charge in [0.05, 0.1) is 11.1 Å². The largest absolute Gasteiger partial charge is 0.361 e. The zero-order valence-corrected chi connectivity index (χ0v) is 19.7. The molecule has 0 spiro atoms. The van der Waals surface area contributed by atoms with Crippen LogP contribution in [0.25, 0.3) is 10.9 Å². The molecule has 2 N–H and O–H groups in total. The second kappa shape index (κ2) is 9.27. The van der Waals surface area contributed by atoms with Gasteiger partial charge in [0.25, 0.3) is 11.8 Å². The molecule has 6 nitrogen and oxygen atoms in total. The van der Waals surface area contributed by atoms with Crippen molar-refractivity contribution in [3.63, 3.8) is 0 Å². The van der Waals surface area contributed by atoms with Gasteiger partial charge in [-0.25, -0.2) is 0 Å². The molecule has 2 aromatic heterocycles. The van der Waals surface area contributed by atoms with E-state index in [0.29, 0.717) is 24.1 Å². The summed E-state index contributed by atoms with van der Waals surface area (Å²) in [5.74, 6) is -0.605. The van der Waals surface area contributed by atoms with E-state index in [1.165, 1.54) is 9.78 Å². The van der Waals surface area contributed by atoms with Gasteiger partial charge in [0.1, 0.15) is 0 Å². The summed E-state index contributed by atoms with van der Waals surface area (Å²) >= 11 is 1.67. The van der Waals surface area contributed by atoms with E-state index in [0.717, 1.165) is 22.0 Å². The monoisotopic (exact) mass is 471 g/mol. The number of aromatic amines is 1. The minimum Gasteiger partial charge on any atom is -0.361 e. The number of carbonyl (C=O) groups is 3. The molecule has 4 aromatic rings. The first kappa shape index (κ1) is 22.1. The van der Waals surface area contributed by atoms with Crippen LogP contribution in [0, 0.1) is 6.92 Å². The van der Waals surface area contributed by atoms with E-state index in [2.05, 4.69) is 22.4 Å². The summed E-state index contributed by atoms with van der Waals surface area (Å²) < 4.78 is 0. The Morgan fingerprint density at radius 2 is 1.88 bits per heavy atom. The summed E-state index contributed by atoms with van der Waals surface area (Å²) in [5, 5.41) is 6.26. The highest BCUT2D eigenvalue weighted by molar-refractivity contribution is 7.10. The smallest absolute Gasteiger partial charge is 0.261 e. The van der Waals surface area contributed by atoms with Crippen LogP contribution in [0.3, 0.4) is 0 Å². The number of fused-ring (bicyclic) bond motifs is 2. The lowest BCUT2D eigenvalue weighted by molar-refractivity contribution is -0.121. The Hall–Kier alpha value is -3.71. The molecule has 1 aliphatic heterocycles. The summed E-state index contributed by atoms with van der Waals surface area (Å²) in [6, 6.07) is 17.5. The number of nitrogens with one attached hydrogen (secondary N) is 2. The Balaban J connectivity index is 1.20. The van der Waals surface area contributed by atoms with Crippen molar-refractivity contribution in [1.82, 2.24) is 15.2 Å². The summed E-state index contributed by atoms with van der Waals surface area (Å²) in [4.78, 5) is 43.6. The minimum absolute atomic E-state index is 0.0413. The van der Waals surface area contributed by atoms with Crippen molar-refractivity contribution in [3.05, 3.63) is 93.3 Å². The fourth-order valence-corrected chi connectivity index (χ4v) is 5.39. The third-order valence-corrected chi connectivity index (χ3v) is 7.28. The quantitative estimate of drug-likeness (QED) is 0.360. The molecule has 3 heterocycles. The number of aromatic nitrogens is 1. The molecule has 0 fully saturated rings. The van der Waals surface area contributed by atoms with E-state index >= 15 is 0 Å². The van der Waals surface area contributed by atoms with Gasteiger partial charge in [0.2, 0.25) is 5.91 Å². The van der Waals surface area contributed by atoms with Crippen LogP contribution in [0.1, 0.15) is 55.5 Å². The lowest BCUT2D eigenvalue weighted by atomic mass is 9.96. The molecule has 0 bridgehead atoms. The van der Waals surface area contributed by atoms with Crippen molar-refractivity contribution in [2.45, 2.75) is 25.7 Å². The highest BCUT2D eigenvalue weighted by Crippen LogP contribution is 2.33. The highest BCUT2D eigenvalue weighted by atomic mass is 32.1. The van der Waals surface area contributed by atoms with Gasteiger partial charge >= 0.3 is 0 Å². The number of amides is 3. The zero-order chi connectivity index (χ0) is 23.7. The fourth-order valence-electron chi connectivity index (χ4n) is 4.55. The van der Waals surface area contributed by atoms with Crippen molar-refractivity contribution in [1.29, 1.82) is 0 Å². The summed E-state index contributed by atoms with van der Waals surface area (Å²) in [6.45, 7) is 2.61. The lowest BCUT2D eigenvalue weighted by Crippen LogP contribution is -2.33. The number of hydrogen-bond donors (Lipinski definition) is 2. The SMILES string of the molecule is Cc1ccc2c(c1)C(=O)N(CCCC(=O)NCC(c1cccs1)c1c[nH]c3ccccc13)C2=O. The average Bonchev–Trinajstić information content (AvgIpc) is 3.56.